The van der Waals surface area contributed by atoms with Gasteiger partial charge in [-0.1, -0.05) is 0 Å². The number of aromatic hydroxyl groups is 1. The van der Waals surface area contributed by atoms with Crippen LogP contribution in [0.5, 0.6) is 5.75 Å². The van der Waals surface area contributed by atoms with E-state index in [0.717, 1.165) is 6.07 Å². The van der Waals surface area contributed by atoms with Crippen LogP contribution < -0.4 is 5.73 Å². The number of hydrogen-bond acceptors (Lipinski definition) is 2. The van der Waals surface area contributed by atoms with Crippen LogP contribution in [0.3, 0.4) is 0 Å². The third-order valence-electron chi connectivity index (χ3n) is 2.64. The lowest BCUT2D eigenvalue weighted by Gasteiger charge is -2.22. The maximum Gasteiger partial charge on any atom is 0.200 e. The van der Waals surface area contributed by atoms with E-state index in [1.54, 1.807) is 0 Å². The van der Waals surface area contributed by atoms with E-state index in [-0.39, 0.29) is 6.04 Å². The highest BCUT2D eigenvalue weighted by Crippen LogP contribution is 2.32. The molecule has 1 aromatic rings. The van der Waals surface area contributed by atoms with Gasteiger partial charge in [0.1, 0.15) is 0 Å². The molecule has 2 rings (SSSR count). The molecule has 0 amide bonds. The molecule has 0 aliphatic heterocycles. The summed E-state index contributed by atoms with van der Waals surface area (Å²) in [6.07, 6.45) is 1.71. The highest BCUT2D eigenvalue weighted by atomic mass is 19.2. The lowest BCUT2D eigenvalue weighted by atomic mass is 9.88. The molecule has 14 heavy (non-hydrogen) atoms. The number of hydrogen-bond donors (Lipinski definition) is 2. The summed E-state index contributed by atoms with van der Waals surface area (Å²) in [7, 11) is 0. The highest BCUT2D eigenvalue weighted by molar-refractivity contribution is 5.43. The van der Waals surface area contributed by atoms with Gasteiger partial charge in [0, 0.05) is 11.6 Å². The molecule has 0 fully saturated rings. The fourth-order valence-corrected chi connectivity index (χ4v) is 1.88. The molecule has 0 heterocycles. The molecule has 76 valence electrons. The molecule has 3 N–H and O–H groups in total. The lowest BCUT2D eigenvalue weighted by Crippen LogP contribution is -2.28. The molecule has 0 bridgehead atoms. The second-order valence-corrected chi connectivity index (χ2v) is 3.66. The predicted octanol–water partition coefficient (Wildman–Crippen LogP) is 1.49. The van der Waals surface area contributed by atoms with Crippen molar-refractivity contribution in [1.29, 1.82) is 0 Å². The van der Waals surface area contributed by atoms with Crippen LogP contribution in [0.4, 0.5) is 8.78 Å². The summed E-state index contributed by atoms with van der Waals surface area (Å²) in [6.45, 7) is 0. The zero-order valence-electron chi connectivity index (χ0n) is 7.56. The van der Waals surface area contributed by atoms with Gasteiger partial charge in [0.25, 0.3) is 0 Å². The highest BCUT2D eigenvalue weighted by Gasteiger charge is 2.23. The molecule has 0 aromatic heterocycles. The van der Waals surface area contributed by atoms with Crippen molar-refractivity contribution in [3.8, 4) is 5.75 Å². The van der Waals surface area contributed by atoms with Crippen molar-refractivity contribution in [2.24, 2.45) is 5.73 Å². The average molecular weight is 199 g/mol. The minimum absolute atomic E-state index is 0.0215. The third kappa shape index (κ3) is 1.35. The van der Waals surface area contributed by atoms with E-state index in [4.69, 9.17) is 5.73 Å². The Labute approximate surface area is 80.4 Å². The van der Waals surface area contributed by atoms with Crippen LogP contribution in [0.15, 0.2) is 6.07 Å². The Hall–Kier alpha value is -1.16. The zero-order chi connectivity index (χ0) is 10.3. The fraction of sp³-hybridized carbons (Fsp3) is 0.400. The molecule has 1 aliphatic rings. The van der Waals surface area contributed by atoms with Crippen LogP contribution in [-0.4, -0.2) is 11.1 Å². The smallest absolute Gasteiger partial charge is 0.200 e. The Morgan fingerprint density at radius 3 is 2.86 bits per heavy atom. The summed E-state index contributed by atoms with van der Waals surface area (Å²) >= 11 is 0. The summed E-state index contributed by atoms with van der Waals surface area (Å²) in [5.74, 6) is -2.71. The predicted molar refractivity (Wildman–Crippen MR) is 48.0 cm³/mol. The van der Waals surface area contributed by atoms with E-state index >= 15 is 0 Å². The van der Waals surface area contributed by atoms with E-state index in [2.05, 4.69) is 0 Å². The Balaban J connectivity index is 2.54. The Bertz CT molecular complexity index is 379. The summed E-state index contributed by atoms with van der Waals surface area (Å²) in [6, 6.07) is 1.11. The van der Waals surface area contributed by atoms with Crippen molar-refractivity contribution in [2.75, 3.05) is 0 Å². The van der Waals surface area contributed by atoms with Crippen LogP contribution in [0.2, 0.25) is 0 Å². The standard InChI is InChI=1S/C10H11F2NO/c11-8-4-5-3-6(13)1-2-7(5)10(14)9(8)12/h4,6,14H,1-3,13H2. The first kappa shape index (κ1) is 9.40. The first-order valence-electron chi connectivity index (χ1n) is 4.54. The second kappa shape index (κ2) is 3.20. The molecule has 2 nitrogen and oxygen atoms in total. The number of rotatable bonds is 0. The number of fused-ring (bicyclic) bond motifs is 1. The summed E-state index contributed by atoms with van der Waals surface area (Å²) < 4.78 is 25.9. The van der Waals surface area contributed by atoms with Crippen molar-refractivity contribution in [3.05, 3.63) is 28.8 Å². The van der Waals surface area contributed by atoms with Crippen LogP contribution in [0.25, 0.3) is 0 Å². The van der Waals surface area contributed by atoms with Gasteiger partial charge >= 0.3 is 0 Å². The quantitative estimate of drug-likeness (QED) is 0.665. The number of phenolic OH excluding ortho intramolecular Hbond substituents is 1. The van der Waals surface area contributed by atoms with Gasteiger partial charge < -0.3 is 10.8 Å². The van der Waals surface area contributed by atoms with Crippen LogP contribution in [-0.2, 0) is 12.8 Å². The normalized spacial score (nSPS) is 20.6. The topological polar surface area (TPSA) is 46.2 Å². The maximum absolute atomic E-state index is 13.0. The summed E-state index contributed by atoms with van der Waals surface area (Å²) in [5.41, 5.74) is 6.82. The summed E-state index contributed by atoms with van der Waals surface area (Å²) in [4.78, 5) is 0. The van der Waals surface area contributed by atoms with Crippen molar-refractivity contribution in [2.45, 2.75) is 25.3 Å². The molecule has 0 saturated carbocycles. The van der Waals surface area contributed by atoms with Crippen molar-refractivity contribution >= 4 is 0 Å². The lowest BCUT2D eigenvalue weighted by molar-refractivity contribution is 0.393. The van der Waals surface area contributed by atoms with Gasteiger partial charge in [0.2, 0.25) is 5.82 Å². The maximum atomic E-state index is 13.0. The first-order chi connectivity index (χ1) is 6.59. The van der Waals surface area contributed by atoms with Gasteiger partial charge in [0.05, 0.1) is 0 Å². The molecule has 4 heteroatoms. The third-order valence-corrected chi connectivity index (χ3v) is 2.64. The second-order valence-electron chi connectivity index (χ2n) is 3.66. The molecular weight excluding hydrogens is 188 g/mol. The summed E-state index contributed by atoms with van der Waals surface area (Å²) in [5, 5.41) is 9.35. The molecule has 1 unspecified atom stereocenters. The van der Waals surface area contributed by atoms with E-state index in [9.17, 15) is 13.9 Å². The molecule has 0 radical (unpaired) electrons. The largest absolute Gasteiger partial charge is 0.505 e. The van der Waals surface area contributed by atoms with Crippen LogP contribution in [0, 0.1) is 11.6 Å². The number of nitrogens with two attached hydrogens (primary N) is 1. The number of benzene rings is 1. The molecule has 1 aromatic carbocycles. The molecule has 1 atom stereocenters. The van der Waals surface area contributed by atoms with E-state index in [1.165, 1.54) is 0 Å². The van der Waals surface area contributed by atoms with Gasteiger partial charge in [-0.2, -0.15) is 4.39 Å². The molecular formula is C10H11F2NO. The SMILES string of the molecule is NC1CCc2c(cc(F)c(F)c2O)C1. The Kier molecular flexibility index (Phi) is 2.15. The van der Waals surface area contributed by atoms with E-state index in [1.807, 2.05) is 0 Å². The minimum atomic E-state index is -1.15. The number of halogens is 2. The van der Waals surface area contributed by atoms with Crippen LogP contribution in [0.1, 0.15) is 17.5 Å². The van der Waals surface area contributed by atoms with Gasteiger partial charge in [0.15, 0.2) is 11.6 Å². The van der Waals surface area contributed by atoms with Gasteiger partial charge in [-0.3, -0.25) is 0 Å². The zero-order valence-corrected chi connectivity index (χ0v) is 7.56. The number of phenols is 1. The van der Waals surface area contributed by atoms with Gasteiger partial charge in [-0.25, -0.2) is 4.39 Å². The van der Waals surface area contributed by atoms with E-state index < -0.39 is 17.4 Å². The van der Waals surface area contributed by atoms with Crippen molar-refractivity contribution in [1.82, 2.24) is 0 Å². The van der Waals surface area contributed by atoms with Gasteiger partial charge in [-0.05, 0) is 30.9 Å². The van der Waals surface area contributed by atoms with E-state index in [0.29, 0.717) is 30.4 Å². The van der Waals surface area contributed by atoms with Gasteiger partial charge in [-0.15, -0.1) is 0 Å². The minimum Gasteiger partial charge on any atom is -0.505 e. The Morgan fingerprint density at radius 1 is 1.43 bits per heavy atom. The monoisotopic (exact) mass is 199 g/mol. The fourth-order valence-electron chi connectivity index (χ4n) is 1.88. The average Bonchev–Trinajstić information content (AvgIpc) is 2.14. The molecule has 0 spiro atoms. The molecule has 0 saturated heterocycles. The molecule has 1 aliphatic carbocycles. The first-order valence-corrected chi connectivity index (χ1v) is 4.54. The van der Waals surface area contributed by atoms with Crippen LogP contribution >= 0.6 is 0 Å². The van der Waals surface area contributed by atoms with Crippen molar-refractivity contribution in [3.63, 3.8) is 0 Å². The Morgan fingerprint density at radius 2 is 2.14 bits per heavy atom. The van der Waals surface area contributed by atoms with Crippen molar-refractivity contribution < 1.29 is 13.9 Å².